The van der Waals surface area contributed by atoms with Crippen LogP contribution in [0.25, 0.3) is 21.8 Å². The van der Waals surface area contributed by atoms with E-state index in [2.05, 4.69) is 16.1 Å². The van der Waals surface area contributed by atoms with Gasteiger partial charge in [-0.15, -0.1) is 0 Å². The highest BCUT2D eigenvalue weighted by Crippen LogP contribution is 2.33. The summed E-state index contributed by atoms with van der Waals surface area (Å²) in [4.78, 5) is 4.00. The predicted octanol–water partition coefficient (Wildman–Crippen LogP) is 2.52. The van der Waals surface area contributed by atoms with Crippen LogP contribution < -0.4 is 5.73 Å². The van der Waals surface area contributed by atoms with Gasteiger partial charge in [-0.25, -0.2) is 4.98 Å². The van der Waals surface area contributed by atoms with Gasteiger partial charge < -0.3 is 5.73 Å². The summed E-state index contributed by atoms with van der Waals surface area (Å²) in [5.41, 5.74) is 5.70. The summed E-state index contributed by atoms with van der Waals surface area (Å²) in [5.74, 6) is 0.162. The SMILES string of the molecule is Cn1ncc2c(N)nc3cc(C(F)(F)F)[c]cc3c21. The monoisotopic (exact) mass is 265 g/mol. The summed E-state index contributed by atoms with van der Waals surface area (Å²) in [7, 11) is 1.69. The predicted molar refractivity (Wildman–Crippen MR) is 64.3 cm³/mol. The van der Waals surface area contributed by atoms with Crippen molar-refractivity contribution >= 4 is 27.6 Å². The van der Waals surface area contributed by atoms with Crippen molar-refractivity contribution in [2.75, 3.05) is 5.73 Å². The third-order valence-corrected chi connectivity index (χ3v) is 2.95. The molecule has 2 heterocycles. The number of aryl methyl sites for hydroxylation is 1. The van der Waals surface area contributed by atoms with Gasteiger partial charge in [0, 0.05) is 12.4 Å². The maximum atomic E-state index is 12.6. The Bertz CT molecular complexity index is 789. The van der Waals surface area contributed by atoms with Gasteiger partial charge in [0.25, 0.3) is 0 Å². The number of halogens is 3. The number of aromatic nitrogens is 3. The Kier molecular flexibility index (Phi) is 2.23. The summed E-state index contributed by atoms with van der Waals surface area (Å²) < 4.78 is 39.5. The molecule has 0 spiro atoms. The van der Waals surface area contributed by atoms with E-state index in [-0.39, 0.29) is 11.3 Å². The van der Waals surface area contributed by atoms with Crippen molar-refractivity contribution in [2.45, 2.75) is 6.18 Å². The highest BCUT2D eigenvalue weighted by Gasteiger charge is 2.31. The quantitative estimate of drug-likeness (QED) is 0.679. The van der Waals surface area contributed by atoms with Gasteiger partial charge >= 0.3 is 6.18 Å². The van der Waals surface area contributed by atoms with Gasteiger partial charge in [0.15, 0.2) is 0 Å². The third-order valence-electron chi connectivity index (χ3n) is 2.95. The van der Waals surface area contributed by atoms with E-state index in [1.165, 1.54) is 12.3 Å². The molecule has 0 unspecified atom stereocenters. The highest BCUT2D eigenvalue weighted by atomic mass is 19.4. The molecule has 0 aliphatic heterocycles. The first-order valence-corrected chi connectivity index (χ1v) is 5.38. The minimum atomic E-state index is -4.45. The van der Waals surface area contributed by atoms with Crippen LogP contribution in [0.15, 0.2) is 18.3 Å². The summed E-state index contributed by atoms with van der Waals surface area (Å²) >= 11 is 0. The maximum Gasteiger partial charge on any atom is 0.417 e. The number of rotatable bonds is 0. The highest BCUT2D eigenvalue weighted by molar-refractivity contribution is 6.07. The molecule has 0 amide bonds. The molecule has 1 radical (unpaired) electrons. The average Bonchev–Trinajstić information content (AvgIpc) is 2.71. The van der Waals surface area contributed by atoms with Crippen molar-refractivity contribution in [2.24, 2.45) is 7.05 Å². The summed E-state index contributed by atoms with van der Waals surface area (Å²) in [6, 6.07) is 4.45. The van der Waals surface area contributed by atoms with E-state index in [0.29, 0.717) is 16.3 Å². The number of alkyl halides is 3. The van der Waals surface area contributed by atoms with Crippen molar-refractivity contribution in [1.29, 1.82) is 0 Å². The molecular weight excluding hydrogens is 257 g/mol. The molecule has 0 saturated heterocycles. The first-order chi connectivity index (χ1) is 8.88. The molecule has 2 N–H and O–H groups in total. The zero-order valence-corrected chi connectivity index (χ0v) is 9.78. The normalized spacial score (nSPS) is 12.4. The van der Waals surface area contributed by atoms with Crippen molar-refractivity contribution in [1.82, 2.24) is 14.8 Å². The van der Waals surface area contributed by atoms with Gasteiger partial charge in [-0.3, -0.25) is 4.68 Å². The lowest BCUT2D eigenvalue weighted by molar-refractivity contribution is -0.137. The Morgan fingerprint density at radius 1 is 1.32 bits per heavy atom. The van der Waals surface area contributed by atoms with Crippen LogP contribution in [0.4, 0.5) is 19.0 Å². The first kappa shape index (κ1) is 11.8. The molecule has 0 bridgehead atoms. The van der Waals surface area contributed by atoms with Gasteiger partial charge in [-0.1, -0.05) is 0 Å². The number of anilines is 1. The molecule has 2 aromatic heterocycles. The van der Waals surface area contributed by atoms with Crippen LogP contribution in [0.3, 0.4) is 0 Å². The minimum absolute atomic E-state index is 0.162. The second-order valence-electron chi connectivity index (χ2n) is 4.17. The number of benzene rings is 1. The Labute approximate surface area is 105 Å². The lowest BCUT2D eigenvalue weighted by Crippen LogP contribution is -2.05. The lowest BCUT2D eigenvalue weighted by atomic mass is 10.1. The zero-order chi connectivity index (χ0) is 13.8. The van der Waals surface area contributed by atoms with Crippen molar-refractivity contribution < 1.29 is 13.2 Å². The second kappa shape index (κ2) is 3.59. The molecular formula is C12H8F3N4. The number of pyridine rings is 1. The van der Waals surface area contributed by atoms with E-state index in [4.69, 9.17) is 5.73 Å². The molecule has 3 aromatic rings. The molecule has 4 nitrogen and oxygen atoms in total. The van der Waals surface area contributed by atoms with Gasteiger partial charge in [-0.2, -0.15) is 18.3 Å². The summed E-state index contributed by atoms with van der Waals surface area (Å²) in [6.45, 7) is 0. The van der Waals surface area contributed by atoms with Crippen LogP contribution in [-0.4, -0.2) is 14.8 Å². The Morgan fingerprint density at radius 2 is 2.05 bits per heavy atom. The van der Waals surface area contributed by atoms with Gasteiger partial charge in [0.2, 0.25) is 0 Å². The van der Waals surface area contributed by atoms with E-state index >= 15 is 0 Å². The van der Waals surface area contributed by atoms with Crippen LogP contribution in [0.5, 0.6) is 0 Å². The molecule has 0 fully saturated rings. The molecule has 97 valence electrons. The molecule has 0 atom stereocenters. The Hall–Kier alpha value is -2.31. The van der Waals surface area contributed by atoms with Crippen LogP contribution in [0, 0.1) is 6.07 Å². The number of hydrogen-bond donors (Lipinski definition) is 1. The molecule has 7 heteroatoms. The number of fused-ring (bicyclic) bond motifs is 3. The van der Waals surface area contributed by atoms with Crippen molar-refractivity contribution in [3.63, 3.8) is 0 Å². The van der Waals surface area contributed by atoms with Gasteiger partial charge in [0.05, 0.1) is 28.2 Å². The van der Waals surface area contributed by atoms with Crippen LogP contribution >= 0.6 is 0 Å². The molecule has 1 aromatic carbocycles. The third kappa shape index (κ3) is 1.69. The molecule has 0 aliphatic rings. The second-order valence-corrected chi connectivity index (χ2v) is 4.17. The molecule has 19 heavy (non-hydrogen) atoms. The largest absolute Gasteiger partial charge is 0.417 e. The number of hydrogen-bond acceptors (Lipinski definition) is 3. The zero-order valence-electron chi connectivity index (χ0n) is 9.78. The van der Waals surface area contributed by atoms with Gasteiger partial charge in [0.1, 0.15) is 5.82 Å². The van der Waals surface area contributed by atoms with E-state index in [1.807, 2.05) is 0 Å². The topological polar surface area (TPSA) is 56.7 Å². The number of nitrogens with zero attached hydrogens (tertiary/aromatic N) is 3. The fraction of sp³-hybridized carbons (Fsp3) is 0.167. The van der Waals surface area contributed by atoms with E-state index in [1.54, 1.807) is 11.7 Å². The van der Waals surface area contributed by atoms with Gasteiger partial charge in [-0.05, 0) is 18.2 Å². The first-order valence-electron chi connectivity index (χ1n) is 5.38. The van der Waals surface area contributed by atoms with Crippen LogP contribution in [-0.2, 0) is 13.2 Å². The molecule has 3 rings (SSSR count). The standard InChI is InChI=1S/C12H8F3N4/c1-19-10-7-3-2-6(12(13,14)15)4-9(7)18-11(16)8(10)5-17-19/h3-5H,1H3,(H2,16,18). The summed E-state index contributed by atoms with van der Waals surface area (Å²) in [6.07, 6.45) is -2.92. The molecule has 0 saturated carbocycles. The fourth-order valence-corrected chi connectivity index (χ4v) is 2.06. The van der Waals surface area contributed by atoms with Crippen molar-refractivity contribution in [3.8, 4) is 0 Å². The van der Waals surface area contributed by atoms with E-state index < -0.39 is 11.7 Å². The maximum absolute atomic E-state index is 12.6. The number of nitrogen functional groups attached to an aromatic ring is 1. The van der Waals surface area contributed by atoms with Crippen LogP contribution in [0.1, 0.15) is 5.56 Å². The average molecular weight is 265 g/mol. The Morgan fingerprint density at radius 3 is 2.74 bits per heavy atom. The van der Waals surface area contributed by atoms with Crippen molar-refractivity contribution in [3.05, 3.63) is 30.0 Å². The minimum Gasteiger partial charge on any atom is -0.383 e. The van der Waals surface area contributed by atoms with E-state index in [0.717, 1.165) is 6.07 Å². The fourth-order valence-electron chi connectivity index (χ4n) is 2.06. The van der Waals surface area contributed by atoms with Crippen LogP contribution in [0.2, 0.25) is 0 Å². The van der Waals surface area contributed by atoms with E-state index in [9.17, 15) is 13.2 Å². The smallest absolute Gasteiger partial charge is 0.383 e. The number of nitrogens with two attached hydrogens (primary N) is 1. The summed E-state index contributed by atoms with van der Waals surface area (Å²) in [5, 5.41) is 5.19. The Balaban J connectivity index is 2.43. The molecule has 0 aliphatic carbocycles. The lowest BCUT2D eigenvalue weighted by Gasteiger charge is -2.08.